The lowest BCUT2D eigenvalue weighted by molar-refractivity contribution is 0.461. The molecule has 0 N–H and O–H groups in total. The Kier molecular flexibility index (Phi) is 26.8. The topological polar surface area (TPSA) is 57.2 Å². The van der Waals surface area contributed by atoms with E-state index in [1.54, 1.807) is 18.2 Å². The summed E-state index contributed by atoms with van der Waals surface area (Å²) in [6.45, 7) is 4.52. The van der Waals surface area contributed by atoms with Crippen LogP contribution in [0.4, 0.5) is 0 Å². The van der Waals surface area contributed by atoms with Crippen molar-refractivity contribution >= 4 is 19.4 Å². The van der Waals surface area contributed by atoms with Crippen molar-refractivity contribution in [3.8, 4) is 0 Å². The van der Waals surface area contributed by atoms with E-state index in [9.17, 15) is 13.0 Å². The van der Waals surface area contributed by atoms with Gasteiger partial charge in [-0.3, -0.25) is 0 Å². The first-order valence-electron chi connectivity index (χ1n) is 15.8. The van der Waals surface area contributed by atoms with Gasteiger partial charge in [0.05, 0.1) is 11.1 Å². The molecule has 218 valence electrons. The highest BCUT2D eigenvalue weighted by atomic mass is 32.2. The first-order valence-corrected chi connectivity index (χ1v) is 18.2. The van der Waals surface area contributed by atoms with E-state index in [0.29, 0.717) is 12.0 Å². The van der Waals surface area contributed by atoms with Crippen molar-refractivity contribution in [2.24, 2.45) is 0 Å². The number of aryl methyl sites for hydroxylation is 1. The Labute approximate surface area is 234 Å². The zero-order chi connectivity index (χ0) is 27.5. The molecule has 0 aromatic heterocycles. The zero-order valence-electron chi connectivity index (χ0n) is 24.6. The van der Waals surface area contributed by atoms with E-state index in [4.69, 9.17) is 0 Å². The van der Waals surface area contributed by atoms with Crippen molar-refractivity contribution in [1.82, 2.24) is 0 Å². The molecule has 3 nitrogen and oxygen atoms in total. The highest BCUT2D eigenvalue weighted by Crippen LogP contribution is 2.18. The number of hydrogen-bond acceptors (Lipinski definition) is 3. The smallest absolute Gasteiger partial charge is 0.124 e. The quantitative estimate of drug-likeness (QED) is 0.0723. The van der Waals surface area contributed by atoms with Crippen molar-refractivity contribution < 1.29 is 13.0 Å². The van der Waals surface area contributed by atoms with Crippen molar-refractivity contribution in [1.29, 1.82) is 0 Å². The van der Waals surface area contributed by atoms with Crippen LogP contribution in [0, 0.1) is 0 Å². The van der Waals surface area contributed by atoms with E-state index >= 15 is 0 Å². The van der Waals surface area contributed by atoms with Gasteiger partial charge in [0.25, 0.3) is 0 Å². The van der Waals surface area contributed by atoms with Crippen LogP contribution in [-0.4, -0.2) is 19.1 Å². The van der Waals surface area contributed by atoms with E-state index in [1.807, 2.05) is 0 Å². The van der Waals surface area contributed by atoms with Crippen LogP contribution in [0.25, 0.3) is 0 Å². The van der Waals surface area contributed by atoms with E-state index < -0.39 is 10.1 Å². The number of hydrogen-bond donors (Lipinski definition) is 0. The van der Waals surface area contributed by atoms with E-state index in [1.165, 1.54) is 141 Å². The highest BCUT2D eigenvalue weighted by molar-refractivity contribution is 7.85. The number of rotatable bonds is 24. The summed E-state index contributed by atoms with van der Waals surface area (Å²) in [5, 5.41) is 0. The van der Waals surface area contributed by atoms with Crippen LogP contribution in [0.3, 0.4) is 0 Å². The Morgan fingerprint density at radius 2 is 0.919 bits per heavy atom. The Balaban J connectivity index is 0.000000757. The summed E-state index contributed by atoms with van der Waals surface area (Å²) in [5.74, 6) is 0. The Morgan fingerprint density at radius 1 is 0.568 bits per heavy atom. The molecule has 1 rings (SSSR count). The molecule has 1 atom stereocenters. The summed E-state index contributed by atoms with van der Waals surface area (Å²) < 4.78 is 33.5. The minimum Gasteiger partial charge on any atom is -0.744 e. The molecule has 0 aliphatic rings. The second-order valence-corrected chi connectivity index (χ2v) is 12.8. The number of benzene rings is 1. The molecule has 1 unspecified atom stereocenters. The highest BCUT2D eigenvalue weighted by Gasteiger charge is 2.07. The fraction of sp³-hybridized carbons (Fsp3) is 0.812. The molecule has 0 amide bonds. The molecule has 37 heavy (non-hydrogen) atoms. The first-order chi connectivity index (χ1) is 18.0. The maximum Gasteiger partial charge on any atom is 0.124 e. The van der Waals surface area contributed by atoms with Crippen LogP contribution in [-0.2, 0) is 16.5 Å². The molecule has 0 aliphatic carbocycles. The molecule has 5 heteroatoms. The van der Waals surface area contributed by atoms with Crippen LogP contribution in [0.2, 0.25) is 0 Å². The van der Waals surface area contributed by atoms with E-state index in [2.05, 4.69) is 23.1 Å². The van der Waals surface area contributed by atoms with Crippen LogP contribution in [0.1, 0.15) is 161 Å². The van der Waals surface area contributed by atoms with Gasteiger partial charge in [-0.15, -0.1) is 0 Å². The third-order valence-electron chi connectivity index (χ3n) is 7.15. The summed E-state index contributed by atoms with van der Waals surface area (Å²) >= 11 is 0. The standard InChI is InChI=1S/C18H30O3S.C14H31P/c1-2-3-4-5-6-7-8-9-10-11-14-17-15-12-13-16-18(17)22(19,20)21;1-2-3-4-5-6-7-8-9-10-11-12-13-14-15/h12-13,15-16H,2-11,14H2,1H3,(H,19,20,21);2-15H2,1H3. The van der Waals surface area contributed by atoms with Gasteiger partial charge in [0.2, 0.25) is 0 Å². The van der Waals surface area contributed by atoms with E-state index in [-0.39, 0.29) is 4.90 Å². The summed E-state index contributed by atoms with van der Waals surface area (Å²) in [7, 11) is -2.23. The van der Waals surface area contributed by atoms with Gasteiger partial charge in [-0.2, -0.15) is 0 Å². The first kappa shape index (κ1) is 36.6. The van der Waals surface area contributed by atoms with Gasteiger partial charge in [0, 0.05) is 0 Å². The maximum atomic E-state index is 11.2. The van der Waals surface area contributed by atoms with Crippen molar-refractivity contribution in [3.63, 3.8) is 0 Å². The molecule has 0 aliphatic heterocycles. The van der Waals surface area contributed by atoms with Gasteiger partial charge in [-0.1, -0.05) is 154 Å². The second-order valence-electron chi connectivity index (χ2n) is 10.7. The van der Waals surface area contributed by atoms with Crippen LogP contribution < -0.4 is 0 Å². The molecule has 0 bridgehead atoms. The molecule has 0 fully saturated rings. The molecule has 0 heterocycles. The summed E-state index contributed by atoms with van der Waals surface area (Å²) in [6, 6.07) is 6.56. The van der Waals surface area contributed by atoms with Crippen LogP contribution in [0.5, 0.6) is 0 Å². The summed E-state index contributed by atoms with van der Waals surface area (Å²) in [5.41, 5.74) is 0.664. The molecular weight excluding hydrogens is 495 g/mol. The average Bonchev–Trinajstić information content (AvgIpc) is 2.88. The molecule has 1 aromatic carbocycles. The minimum absolute atomic E-state index is 0.0501. The normalized spacial score (nSPS) is 11.4. The van der Waals surface area contributed by atoms with Crippen LogP contribution in [0.15, 0.2) is 29.2 Å². The fourth-order valence-corrected chi connectivity index (χ4v) is 5.86. The Morgan fingerprint density at radius 3 is 1.30 bits per heavy atom. The fourth-order valence-electron chi connectivity index (χ4n) is 4.77. The summed E-state index contributed by atoms with van der Waals surface area (Å²) in [6.07, 6.45) is 32.1. The Bertz CT molecular complexity index is 694. The van der Waals surface area contributed by atoms with Gasteiger partial charge in [0.1, 0.15) is 10.1 Å². The van der Waals surface area contributed by atoms with Crippen molar-refractivity contribution in [3.05, 3.63) is 29.8 Å². The molecular formula is C32H61O3PS. The van der Waals surface area contributed by atoms with Gasteiger partial charge in [-0.05, 0) is 46.6 Å². The minimum atomic E-state index is -4.35. The third-order valence-corrected chi connectivity index (χ3v) is 8.58. The molecule has 0 saturated carbocycles. The lowest BCUT2D eigenvalue weighted by atomic mass is 10.0. The lowest BCUT2D eigenvalue weighted by Gasteiger charge is -2.12. The van der Waals surface area contributed by atoms with Crippen molar-refractivity contribution in [2.45, 2.75) is 166 Å². The van der Waals surface area contributed by atoms with Gasteiger partial charge in [-0.25, -0.2) is 8.42 Å². The largest absolute Gasteiger partial charge is 0.744 e. The molecule has 0 saturated heterocycles. The second kappa shape index (κ2) is 27.1. The maximum absolute atomic E-state index is 11.2. The lowest BCUT2D eigenvalue weighted by Crippen LogP contribution is -2.03. The monoisotopic (exact) mass is 556 g/mol. The predicted octanol–water partition coefficient (Wildman–Crippen LogP) is 10.3. The third kappa shape index (κ3) is 24.3. The zero-order valence-corrected chi connectivity index (χ0v) is 26.9. The summed E-state index contributed by atoms with van der Waals surface area (Å²) in [4.78, 5) is -0.0501. The molecule has 1 aromatic rings. The SMILES string of the molecule is CCCCCCCCCCCCCC[PH3+].CCCCCCCCCCCCc1ccccc1S(=O)(=O)[O-]. The van der Waals surface area contributed by atoms with Gasteiger partial charge >= 0.3 is 0 Å². The van der Waals surface area contributed by atoms with Gasteiger partial charge in [0.15, 0.2) is 0 Å². The van der Waals surface area contributed by atoms with Crippen molar-refractivity contribution in [2.75, 3.05) is 6.16 Å². The molecule has 0 spiro atoms. The molecule has 0 radical (unpaired) electrons. The predicted molar refractivity (Wildman–Crippen MR) is 167 cm³/mol. The van der Waals surface area contributed by atoms with E-state index in [0.717, 1.165) is 12.8 Å². The van der Waals surface area contributed by atoms with Crippen LogP contribution >= 0.6 is 9.24 Å². The Hall–Kier alpha value is -0.440. The average molecular weight is 557 g/mol. The van der Waals surface area contributed by atoms with Gasteiger partial charge < -0.3 is 4.55 Å². The number of unbranched alkanes of at least 4 members (excludes halogenated alkanes) is 20.